The van der Waals surface area contributed by atoms with Crippen molar-refractivity contribution in [2.75, 3.05) is 0 Å². The number of nitrogens with zero attached hydrogens (tertiary/aromatic N) is 1. The number of para-hydroxylation sites is 1. The monoisotopic (exact) mass is 274 g/mol. The van der Waals surface area contributed by atoms with Gasteiger partial charge in [0.1, 0.15) is 5.75 Å². The predicted molar refractivity (Wildman–Crippen MR) is 74.8 cm³/mol. The lowest BCUT2D eigenvalue weighted by Gasteiger charge is -2.05. The molecule has 0 saturated carbocycles. The zero-order valence-electron chi connectivity index (χ0n) is 9.93. The molecule has 0 bridgehead atoms. The fourth-order valence-electron chi connectivity index (χ4n) is 2.10. The standard InChI is InChI=1S/C14H11ClN2O2/c15-10-5-6-11-12(7-10)17(14(19)16-11)8-9-3-1-2-4-13(9)18/h1-7,18H,8H2,(H,16,19). The number of hydrogen-bond donors (Lipinski definition) is 2. The Morgan fingerprint density at radius 1 is 1.21 bits per heavy atom. The lowest BCUT2D eigenvalue weighted by Crippen LogP contribution is -2.17. The number of hydrogen-bond acceptors (Lipinski definition) is 2. The Balaban J connectivity index is 2.15. The van der Waals surface area contributed by atoms with Gasteiger partial charge in [0.05, 0.1) is 17.6 Å². The molecule has 0 aliphatic heterocycles. The van der Waals surface area contributed by atoms with Gasteiger partial charge in [-0.3, -0.25) is 4.57 Å². The second-order valence-electron chi connectivity index (χ2n) is 4.31. The third-order valence-corrected chi connectivity index (χ3v) is 3.29. The average molecular weight is 275 g/mol. The van der Waals surface area contributed by atoms with Gasteiger partial charge in [-0.1, -0.05) is 29.8 Å². The van der Waals surface area contributed by atoms with E-state index in [4.69, 9.17) is 11.6 Å². The van der Waals surface area contributed by atoms with E-state index in [9.17, 15) is 9.90 Å². The molecule has 1 aromatic heterocycles. The summed E-state index contributed by atoms with van der Waals surface area (Å²) >= 11 is 5.96. The van der Waals surface area contributed by atoms with Crippen molar-refractivity contribution in [1.82, 2.24) is 9.55 Å². The number of rotatable bonds is 2. The Morgan fingerprint density at radius 2 is 2.00 bits per heavy atom. The highest BCUT2D eigenvalue weighted by molar-refractivity contribution is 6.31. The third kappa shape index (κ3) is 2.11. The van der Waals surface area contributed by atoms with Crippen LogP contribution in [0.5, 0.6) is 5.75 Å². The van der Waals surface area contributed by atoms with Crippen LogP contribution < -0.4 is 5.69 Å². The number of halogens is 1. The average Bonchev–Trinajstić information content (AvgIpc) is 2.69. The molecule has 0 aliphatic carbocycles. The molecule has 3 aromatic rings. The van der Waals surface area contributed by atoms with Crippen molar-refractivity contribution in [2.45, 2.75) is 6.54 Å². The Bertz CT molecular complexity index is 805. The number of imidazole rings is 1. The summed E-state index contributed by atoms with van der Waals surface area (Å²) in [7, 11) is 0. The summed E-state index contributed by atoms with van der Waals surface area (Å²) in [6, 6.07) is 12.2. The minimum absolute atomic E-state index is 0.172. The molecule has 1 heterocycles. The first-order chi connectivity index (χ1) is 9.15. The van der Waals surface area contributed by atoms with Crippen LogP contribution in [0.3, 0.4) is 0 Å². The smallest absolute Gasteiger partial charge is 0.326 e. The zero-order chi connectivity index (χ0) is 13.4. The number of benzene rings is 2. The Kier molecular flexibility index (Phi) is 2.80. The van der Waals surface area contributed by atoms with Gasteiger partial charge in [0.15, 0.2) is 0 Å². The highest BCUT2D eigenvalue weighted by Crippen LogP contribution is 2.20. The molecule has 2 N–H and O–H groups in total. The van der Waals surface area contributed by atoms with Gasteiger partial charge >= 0.3 is 5.69 Å². The molecule has 0 saturated heterocycles. The van der Waals surface area contributed by atoms with Crippen molar-refractivity contribution >= 4 is 22.6 Å². The van der Waals surface area contributed by atoms with Crippen molar-refractivity contribution < 1.29 is 5.11 Å². The van der Waals surface area contributed by atoms with Gasteiger partial charge < -0.3 is 10.1 Å². The van der Waals surface area contributed by atoms with E-state index in [-0.39, 0.29) is 11.4 Å². The predicted octanol–water partition coefficient (Wildman–Crippen LogP) is 2.74. The van der Waals surface area contributed by atoms with Crippen LogP contribution in [0.4, 0.5) is 0 Å². The van der Waals surface area contributed by atoms with Gasteiger partial charge in [0.25, 0.3) is 0 Å². The summed E-state index contributed by atoms with van der Waals surface area (Å²) in [4.78, 5) is 14.7. The second-order valence-corrected chi connectivity index (χ2v) is 4.74. The maximum atomic E-state index is 11.9. The molecule has 0 amide bonds. The first-order valence-corrected chi connectivity index (χ1v) is 6.18. The minimum atomic E-state index is -0.222. The second kappa shape index (κ2) is 4.48. The van der Waals surface area contributed by atoms with E-state index < -0.39 is 0 Å². The SMILES string of the molecule is O=c1[nH]c2ccc(Cl)cc2n1Cc1ccccc1O. The lowest BCUT2D eigenvalue weighted by molar-refractivity contribution is 0.466. The molecule has 3 rings (SSSR count). The van der Waals surface area contributed by atoms with Crippen LogP contribution in [-0.2, 0) is 6.54 Å². The summed E-state index contributed by atoms with van der Waals surface area (Å²) in [5.74, 6) is 0.172. The van der Waals surface area contributed by atoms with Crippen molar-refractivity contribution in [2.24, 2.45) is 0 Å². The molecule has 96 valence electrons. The summed E-state index contributed by atoms with van der Waals surface area (Å²) in [5, 5.41) is 10.3. The summed E-state index contributed by atoms with van der Waals surface area (Å²) in [5.41, 5.74) is 1.91. The highest BCUT2D eigenvalue weighted by Gasteiger charge is 2.09. The van der Waals surface area contributed by atoms with Crippen molar-refractivity contribution in [3.8, 4) is 5.75 Å². The summed E-state index contributed by atoms with van der Waals surface area (Å²) in [6.07, 6.45) is 0. The van der Waals surface area contributed by atoms with Crippen LogP contribution in [0.1, 0.15) is 5.56 Å². The van der Waals surface area contributed by atoms with E-state index >= 15 is 0 Å². The molecule has 0 aliphatic rings. The fourth-order valence-corrected chi connectivity index (χ4v) is 2.26. The van der Waals surface area contributed by atoms with Crippen molar-refractivity contribution in [3.63, 3.8) is 0 Å². The first kappa shape index (κ1) is 11.9. The minimum Gasteiger partial charge on any atom is -0.508 e. The van der Waals surface area contributed by atoms with Gasteiger partial charge in [0.2, 0.25) is 0 Å². The fraction of sp³-hybridized carbons (Fsp3) is 0.0714. The van der Waals surface area contributed by atoms with Crippen LogP contribution in [0.2, 0.25) is 5.02 Å². The van der Waals surface area contributed by atoms with E-state index in [1.807, 2.05) is 6.07 Å². The molecule has 19 heavy (non-hydrogen) atoms. The number of phenolic OH excluding ortho intramolecular Hbond substituents is 1. The quantitative estimate of drug-likeness (QED) is 0.755. The molecule has 0 atom stereocenters. The van der Waals surface area contributed by atoms with Crippen LogP contribution in [-0.4, -0.2) is 14.7 Å². The zero-order valence-corrected chi connectivity index (χ0v) is 10.7. The highest BCUT2D eigenvalue weighted by atomic mass is 35.5. The maximum Gasteiger partial charge on any atom is 0.326 e. The van der Waals surface area contributed by atoms with Crippen LogP contribution in [0, 0.1) is 0 Å². The number of phenols is 1. The molecule has 0 unspecified atom stereocenters. The Labute approximate surface area is 113 Å². The number of aromatic amines is 1. The molecule has 0 spiro atoms. The number of H-pyrrole nitrogens is 1. The Hall–Kier alpha value is -2.20. The largest absolute Gasteiger partial charge is 0.508 e. The van der Waals surface area contributed by atoms with Gasteiger partial charge in [0, 0.05) is 10.6 Å². The van der Waals surface area contributed by atoms with E-state index in [1.165, 1.54) is 0 Å². The topological polar surface area (TPSA) is 58.0 Å². The number of fused-ring (bicyclic) bond motifs is 1. The van der Waals surface area contributed by atoms with Gasteiger partial charge in [-0.05, 0) is 24.3 Å². The molecule has 0 fully saturated rings. The molecule has 4 nitrogen and oxygen atoms in total. The van der Waals surface area contributed by atoms with Gasteiger partial charge in [-0.25, -0.2) is 4.79 Å². The molecule has 2 aromatic carbocycles. The van der Waals surface area contributed by atoms with E-state index in [1.54, 1.807) is 41.0 Å². The van der Waals surface area contributed by atoms with Crippen molar-refractivity contribution in [3.05, 3.63) is 63.5 Å². The van der Waals surface area contributed by atoms with Crippen LogP contribution >= 0.6 is 11.6 Å². The van der Waals surface area contributed by atoms with E-state index in [0.717, 1.165) is 11.0 Å². The number of aromatic hydroxyl groups is 1. The molecule has 5 heteroatoms. The molecule has 0 radical (unpaired) electrons. The van der Waals surface area contributed by atoms with Crippen LogP contribution in [0.15, 0.2) is 47.3 Å². The van der Waals surface area contributed by atoms with E-state index in [2.05, 4.69) is 4.98 Å². The van der Waals surface area contributed by atoms with E-state index in [0.29, 0.717) is 17.1 Å². The first-order valence-electron chi connectivity index (χ1n) is 5.80. The summed E-state index contributed by atoms with van der Waals surface area (Å²) < 4.78 is 1.55. The normalized spacial score (nSPS) is 11.0. The third-order valence-electron chi connectivity index (χ3n) is 3.06. The molecular weight excluding hydrogens is 264 g/mol. The van der Waals surface area contributed by atoms with Crippen molar-refractivity contribution in [1.29, 1.82) is 0 Å². The number of nitrogens with one attached hydrogen (secondary N) is 1. The maximum absolute atomic E-state index is 11.9. The molecular formula is C14H11ClN2O2. The van der Waals surface area contributed by atoms with Gasteiger partial charge in [-0.2, -0.15) is 0 Å². The lowest BCUT2D eigenvalue weighted by atomic mass is 10.2. The Morgan fingerprint density at radius 3 is 2.79 bits per heavy atom. The number of aromatic nitrogens is 2. The van der Waals surface area contributed by atoms with Crippen LogP contribution in [0.25, 0.3) is 11.0 Å². The summed E-state index contributed by atoms with van der Waals surface area (Å²) in [6.45, 7) is 0.297. The van der Waals surface area contributed by atoms with Gasteiger partial charge in [-0.15, -0.1) is 0 Å².